The average molecular weight is 222 g/mol. The third-order valence-corrected chi connectivity index (χ3v) is 2.50. The molecule has 0 radical (unpaired) electrons. The molecule has 0 spiro atoms. The van der Waals surface area contributed by atoms with E-state index < -0.39 is 9.04 Å². The summed E-state index contributed by atoms with van der Waals surface area (Å²) >= 11 is 0. The van der Waals surface area contributed by atoms with Crippen LogP contribution in [0.2, 0.25) is 13.1 Å². The van der Waals surface area contributed by atoms with Gasteiger partial charge in [0.15, 0.2) is 0 Å². The van der Waals surface area contributed by atoms with Gasteiger partial charge in [0.05, 0.1) is 0 Å². The van der Waals surface area contributed by atoms with Crippen molar-refractivity contribution in [3.63, 3.8) is 0 Å². The molecular weight excluding hydrogens is 207 g/mol. The van der Waals surface area contributed by atoms with Crippen LogP contribution in [0.4, 0.5) is 4.39 Å². The lowest BCUT2D eigenvalue weighted by molar-refractivity contribution is 0.466. The fourth-order valence-corrected chi connectivity index (χ4v) is 1.85. The highest BCUT2D eigenvalue weighted by Gasteiger charge is 1.99. The predicted molar refractivity (Wildman–Crippen MR) is 64.5 cm³/mol. The Morgan fingerprint density at radius 1 is 1.33 bits per heavy atom. The quantitative estimate of drug-likeness (QED) is 0.431. The lowest BCUT2D eigenvalue weighted by Gasteiger charge is -2.09. The fraction of sp³-hybridized carbons (Fsp3) is 0.167. The molecule has 0 atom stereocenters. The molecule has 0 bridgehead atoms. The van der Waals surface area contributed by atoms with Gasteiger partial charge in [0.25, 0.3) is 0 Å². The van der Waals surface area contributed by atoms with Crippen LogP contribution in [-0.4, -0.2) is 9.04 Å². The Balaban J connectivity index is 2.83. The van der Waals surface area contributed by atoms with Gasteiger partial charge in [0, 0.05) is 0 Å². The van der Waals surface area contributed by atoms with Crippen LogP contribution < -0.4 is 0 Å². The molecule has 0 aliphatic heterocycles. The Bertz CT molecular complexity index is 354. The summed E-state index contributed by atoms with van der Waals surface area (Å²) in [7, 11) is -1.11. The maximum absolute atomic E-state index is 12.7. The first kappa shape index (κ1) is 11.7. The second-order valence-corrected chi connectivity index (χ2v) is 5.80. The minimum atomic E-state index is -1.11. The van der Waals surface area contributed by atoms with Crippen LogP contribution in [0.3, 0.4) is 0 Å². The van der Waals surface area contributed by atoms with Gasteiger partial charge in [0.2, 0.25) is 9.04 Å². The minimum Gasteiger partial charge on any atom is -0.547 e. The molecule has 3 heteroatoms. The summed E-state index contributed by atoms with van der Waals surface area (Å²) in [5.41, 5.74) is 0.918. The van der Waals surface area contributed by atoms with Crippen LogP contribution >= 0.6 is 0 Å². The van der Waals surface area contributed by atoms with Gasteiger partial charge in [-0.25, -0.2) is 4.39 Å². The van der Waals surface area contributed by atoms with E-state index in [1.165, 1.54) is 12.1 Å². The molecule has 0 fully saturated rings. The molecule has 0 heterocycles. The number of rotatable bonds is 4. The van der Waals surface area contributed by atoms with Crippen LogP contribution in [0.5, 0.6) is 0 Å². The van der Waals surface area contributed by atoms with Crippen molar-refractivity contribution in [2.45, 2.75) is 13.1 Å². The van der Waals surface area contributed by atoms with Crippen molar-refractivity contribution >= 4 is 15.1 Å². The van der Waals surface area contributed by atoms with Gasteiger partial charge < -0.3 is 4.43 Å². The fourth-order valence-electron chi connectivity index (χ4n) is 1.14. The predicted octanol–water partition coefficient (Wildman–Crippen LogP) is 3.35. The first-order valence-corrected chi connectivity index (χ1v) is 7.66. The maximum atomic E-state index is 12.7. The molecule has 80 valence electrons. The van der Waals surface area contributed by atoms with Crippen LogP contribution in [0, 0.1) is 5.82 Å². The third-order valence-electron chi connectivity index (χ3n) is 1.75. The highest BCUT2D eigenvalue weighted by atomic mass is 28.3. The van der Waals surface area contributed by atoms with Crippen LogP contribution in [-0.2, 0) is 4.43 Å². The lowest BCUT2D eigenvalue weighted by atomic mass is 10.2. The summed E-state index contributed by atoms with van der Waals surface area (Å²) in [4.78, 5) is 0. The summed E-state index contributed by atoms with van der Waals surface area (Å²) in [5, 5.41) is 0. The zero-order chi connectivity index (χ0) is 11.3. The number of benzene rings is 1. The molecule has 1 rings (SSSR count). The molecule has 1 nitrogen and oxygen atoms in total. The molecule has 0 unspecified atom stereocenters. The minimum absolute atomic E-state index is 0.230. The molecular formula is C12H15FOSi. The van der Waals surface area contributed by atoms with E-state index in [-0.39, 0.29) is 5.82 Å². The second kappa shape index (κ2) is 5.51. The van der Waals surface area contributed by atoms with Crippen molar-refractivity contribution in [3.05, 3.63) is 54.1 Å². The SMILES string of the molecule is C=C/C(=C\c1ccc(F)cc1)O[SiH](C)C. The van der Waals surface area contributed by atoms with Gasteiger partial charge >= 0.3 is 0 Å². The molecule has 15 heavy (non-hydrogen) atoms. The van der Waals surface area contributed by atoms with E-state index in [0.717, 1.165) is 11.3 Å². The van der Waals surface area contributed by atoms with Gasteiger partial charge in [-0.3, -0.25) is 0 Å². The number of halogens is 1. The molecule has 0 aliphatic carbocycles. The summed E-state index contributed by atoms with van der Waals surface area (Å²) in [6.45, 7) is 7.85. The number of hydrogen-bond donors (Lipinski definition) is 0. The van der Waals surface area contributed by atoms with E-state index in [4.69, 9.17) is 4.43 Å². The van der Waals surface area contributed by atoms with E-state index in [1.807, 2.05) is 6.08 Å². The van der Waals surface area contributed by atoms with Crippen molar-refractivity contribution < 1.29 is 8.82 Å². The third kappa shape index (κ3) is 4.12. The van der Waals surface area contributed by atoms with Crippen molar-refractivity contribution in [1.29, 1.82) is 0 Å². The van der Waals surface area contributed by atoms with Crippen molar-refractivity contribution in [3.8, 4) is 0 Å². The van der Waals surface area contributed by atoms with Gasteiger partial charge in [-0.05, 0) is 42.9 Å². The van der Waals surface area contributed by atoms with Crippen molar-refractivity contribution in [1.82, 2.24) is 0 Å². The van der Waals surface area contributed by atoms with Crippen LogP contribution in [0.15, 0.2) is 42.7 Å². The Labute approximate surface area is 91.6 Å². The lowest BCUT2D eigenvalue weighted by Crippen LogP contribution is -2.05. The molecule has 0 N–H and O–H groups in total. The van der Waals surface area contributed by atoms with E-state index in [9.17, 15) is 4.39 Å². The highest BCUT2D eigenvalue weighted by Crippen LogP contribution is 2.10. The standard InChI is InChI=1S/C12H15FOSi/c1-4-12(14-15(2)3)9-10-5-7-11(13)8-6-10/h4-9,15H,1H2,2-3H3/b12-9+. The van der Waals surface area contributed by atoms with Crippen molar-refractivity contribution in [2.75, 3.05) is 0 Å². The number of allylic oxidation sites excluding steroid dienone is 1. The van der Waals surface area contributed by atoms with Crippen LogP contribution in [0.1, 0.15) is 5.56 Å². The molecule has 0 amide bonds. The first-order chi connectivity index (χ1) is 7.11. The summed E-state index contributed by atoms with van der Waals surface area (Å²) in [6, 6.07) is 6.28. The van der Waals surface area contributed by atoms with Gasteiger partial charge in [-0.1, -0.05) is 18.7 Å². The second-order valence-electron chi connectivity index (χ2n) is 3.47. The summed E-state index contributed by atoms with van der Waals surface area (Å²) in [5.74, 6) is 0.523. The van der Waals surface area contributed by atoms with Gasteiger partial charge in [-0.2, -0.15) is 0 Å². The summed E-state index contributed by atoms with van der Waals surface area (Å²) in [6.07, 6.45) is 3.54. The van der Waals surface area contributed by atoms with Gasteiger partial charge in [0.1, 0.15) is 11.6 Å². The van der Waals surface area contributed by atoms with E-state index in [1.54, 1.807) is 18.2 Å². The highest BCUT2D eigenvalue weighted by molar-refractivity contribution is 6.48. The average Bonchev–Trinajstić information content (AvgIpc) is 2.19. The van der Waals surface area contributed by atoms with Crippen molar-refractivity contribution in [2.24, 2.45) is 0 Å². The zero-order valence-corrected chi connectivity index (χ0v) is 10.2. The molecule has 0 saturated heterocycles. The Morgan fingerprint density at radius 3 is 2.40 bits per heavy atom. The molecule has 1 aromatic rings. The normalized spacial score (nSPS) is 11.6. The maximum Gasteiger partial charge on any atom is 0.229 e. The smallest absolute Gasteiger partial charge is 0.229 e. The topological polar surface area (TPSA) is 9.23 Å². The van der Waals surface area contributed by atoms with E-state index >= 15 is 0 Å². The molecule has 0 aromatic heterocycles. The zero-order valence-electron chi connectivity index (χ0n) is 9.03. The molecule has 0 saturated carbocycles. The van der Waals surface area contributed by atoms with E-state index in [2.05, 4.69) is 19.7 Å². The van der Waals surface area contributed by atoms with Gasteiger partial charge in [-0.15, -0.1) is 0 Å². The van der Waals surface area contributed by atoms with Crippen LogP contribution in [0.25, 0.3) is 6.08 Å². The largest absolute Gasteiger partial charge is 0.547 e. The number of hydrogen-bond acceptors (Lipinski definition) is 1. The monoisotopic (exact) mass is 222 g/mol. The van der Waals surface area contributed by atoms with E-state index in [0.29, 0.717) is 0 Å². The molecule has 0 aliphatic rings. The first-order valence-electron chi connectivity index (χ1n) is 4.88. The Kier molecular flexibility index (Phi) is 4.30. The Hall–Kier alpha value is -1.35. The Morgan fingerprint density at radius 2 is 1.93 bits per heavy atom. The summed E-state index contributed by atoms with van der Waals surface area (Å²) < 4.78 is 18.3. The molecule has 1 aromatic carbocycles.